The summed E-state index contributed by atoms with van der Waals surface area (Å²) in [5, 5.41) is 8.38. The lowest BCUT2D eigenvalue weighted by atomic mass is 10.1. The molecule has 1 atom stereocenters. The Bertz CT molecular complexity index is 743. The lowest BCUT2D eigenvalue weighted by Crippen LogP contribution is -2.41. The van der Waals surface area contributed by atoms with Crippen molar-refractivity contribution in [3.63, 3.8) is 0 Å². The Kier molecular flexibility index (Phi) is 4.58. The summed E-state index contributed by atoms with van der Waals surface area (Å²) in [5.41, 5.74) is 2.22. The molecular weight excluding hydrogens is 302 g/mol. The Balaban J connectivity index is 1.78. The van der Waals surface area contributed by atoms with Crippen molar-refractivity contribution in [2.24, 2.45) is 5.92 Å². The number of aromatic nitrogens is 3. The number of fused-ring (bicyclic) bond motifs is 1. The zero-order valence-corrected chi connectivity index (χ0v) is 15.2. The van der Waals surface area contributed by atoms with Gasteiger partial charge in [-0.25, -0.2) is 9.67 Å². The quantitative estimate of drug-likeness (QED) is 0.884. The molecule has 0 spiro atoms. The van der Waals surface area contributed by atoms with Crippen molar-refractivity contribution in [3.05, 3.63) is 23.5 Å². The van der Waals surface area contributed by atoms with E-state index in [9.17, 15) is 4.79 Å². The third kappa shape index (κ3) is 3.29. The van der Waals surface area contributed by atoms with Gasteiger partial charge in [0.15, 0.2) is 5.65 Å². The van der Waals surface area contributed by atoms with E-state index in [1.807, 2.05) is 17.7 Å². The number of carbonyl (C=O) groups excluding carboxylic acids is 1. The molecular formula is C18H27N5O. The molecule has 2 aromatic rings. The molecule has 6 heteroatoms. The largest absolute Gasteiger partial charge is 0.350 e. The average molecular weight is 329 g/mol. The van der Waals surface area contributed by atoms with E-state index in [0.29, 0.717) is 24.1 Å². The number of hydrogen-bond donors (Lipinski definition) is 1. The predicted molar refractivity (Wildman–Crippen MR) is 95.2 cm³/mol. The van der Waals surface area contributed by atoms with Crippen molar-refractivity contribution < 1.29 is 4.79 Å². The van der Waals surface area contributed by atoms with Crippen LogP contribution >= 0.6 is 0 Å². The van der Waals surface area contributed by atoms with Crippen molar-refractivity contribution in [3.8, 4) is 0 Å². The monoisotopic (exact) mass is 329 g/mol. The summed E-state index contributed by atoms with van der Waals surface area (Å²) >= 11 is 0. The number of amides is 1. The lowest BCUT2D eigenvalue weighted by Gasteiger charge is -2.24. The van der Waals surface area contributed by atoms with Crippen LogP contribution in [0.2, 0.25) is 0 Å². The zero-order valence-electron chi connectivity index (χ0n) is 15.2. The summed E-state index contributed by atoms with van der Waals surface area (Å²) in [7, 11) is 4.16. The SMILES string of the molecule is Cc1nc2c(cnn2C(C)C)cc1C(=O)NC[C@@H](C1CC1)N(C)C. The molecule has 24 heavy (non-hydrogen) atoms. The van der Waals surface area contributed by atoms with Gasteiger partial charge < -0.3 is 10.2 Å². The highest BCUT2D eigenvalue weighted by molar-refractivity contribution is 5.98. The molecule has 0 aromatic carbocycles. The second kappa shape index (κ2) is 6.51. The summed E-state index contributed by atoms with van der Waals surface area (Å²) < 4.78 is 1.89. The van der Waals surface area contributed by atoms with Crippen LogP contribution in [0.5, 0.6) is 0 Å². The van der Waals surface area contributed by atoms with E-state index in [0.717, 1.165) is 16.7 Å². The number of carbonyl (C=O) groups is 1. The van der Waals surface area contributed by atoms with Crippen LogP contribution in [0.25, 0.3) is 11.0 Å². The summed E-state index contributed by atoms with van der Waals surface area (Å²) in [6.07, 6.45) is 4.31. The van der Waals surface area contributed by atoms with Crippen molar-refractivity contribution >= 4 is 16.9 Å². The maximum Gasteiger partial charge on any atom is 0.253 e. The van der Waals surface area contributed by atoms with E-state index in [4.69, 9.17) is 0 Å². The van der Waals surface area contributed by atoms with Crippen molar-refractivity contribution in [2.45, 2.75) is 45.7 Å². The first kappa shape index (κ1) is 16.9. The van der Waals surface area contributed by atoms with Crippen LogP contribution in [0, 0.1) is 12.8 Å². The molecule has 0 aliphatic heterocycles. The normalized spacial score (nSPS) is 16.1. The third-order valence-corrected chi connectivity index (χ3v) is 4.79. The molecule has 1 aliphatic rings. The van der Waals surface area contributed by atoms with Crippen LogP contribution in [0.15, 0.2) is 12.3 Å². The van der Waals surface area contributed by atoms with Crippen LogP contribution in [0.1, 0.15) is 48.8 Å². The van der Waals surface area contributed by atoms with Crippen LogP contribution < -0.4 is 5.32 Å². The number of likely N-dealkylation sites (N-methyl/N-ethyl adjacent to an activating group) is 1. The van der Waals surface area contributed by atoms with Gasteiger partial charge in [-0.1, -0.05) is 0 Å². The van der Waals surface area contributed by atoms with Crippen LogP contribution in [-0.2, 0) is 0 Å². The minimum absolute atomic E-state index is 0.0494. The number of nitrogens with one attached hydrogen (secondary N) is 1. The Morgan fingerprint density at radius 2 is 2.12 bits per heavy atom. The number of aryl methyl sites for hydroxylation is 1. The summed E-state index contributed by atoms with van der Waals surface area (Å²) in [6.45, 7) is 6.71. The number of nitrogens with zero attached hydrogens (tertiary/aromatic N) is 4. The summed E-state index contributed by atoms with van der Waals surface area (Å²) in [4.78, 5) is 19.4. The Morgan fingerprint density at radius 3 is 2.71 bits per heavy atom. The topological polar surface area (TPSA) is 63.1 Å². The fourth-order valence-corrected chi connectivity index (χ4v) is 3.22. The van der Waals surface area contributed by atoms with E-state index in [-0.39, 0.29) is 11.9 Å². The molecule has 2 aromatic heterocycles. The smallest absolute Gasteiger partial charge is 0.253 e. The Labute approximate surface area is 143 Å². The van der Waals surface area contributed by atoms with E-state index < -0.39 is 0 Å². The maximum absolute atomic E-state index is 12.6. The molecule has 0 bridgehead atoms. The lowest BCUT2D eigenvalue weighted by molar-refractivity contribution is 0.0938. The van der Waals surface area contributed by atoms with Gasteiger partial charge in [-0.15, -0.1) is 0 Å². The maximum atomic E-state index is 12.6. The van der Waals surface area contributed by atoms with Gasteiger partial charge >= 0.3 is 0 Å². The van der Waals surface area contributed by atoms with Crippen LogP contribution in [-0.4, -0.2) is 52.3 Å². The molecule has 1 aliphatic carbocycles. The molecule has 1 amide bonds. The van der Waals surface area contributed by atoms with Crippen molar-refractivity contribution in [2.75, 3.05) is 20.6 Å². The highest BCUT2D eigenvalue weighted by Gasteiger charge is 2.32. The van der Waals surface area contributed by atoms with Gasteiger partial charge in [0.25, 0.3) is 5.91 Å². The minimum Gasteiger partial charge on any atom is -0.350 e. The van der Waals surface area contributed by atoms with Crippen molar-refractivity contribution in [1.82, 2.24) is 25.0 Å². The molecule has 130 valence electrons. The first-order valence-electron chi connectivity index (χ1n) is 8.68. The van der Waals surface area contributed by atoms with Crippen molar-refractivity contribution in [1.29, 1.82) is 0 Å². The number of rotatable bonds is 6. The van der Waals surface area contributed by atoms with E-state index >= 15 is 0 Å². The fraction of sp³-hybridized carbons (Fsp3) is 0.611. The molecule has 0 saturated heterocycles. The predicted octanol–water partition coefficient (Wildman–Crippen LogP) is 2.39. The van der Waals surface area contributed by atoms with Gasteiger partial charge in [-0.05, 0) is 59.7 Å². The highest BCUT2D eigenvalue weighted by atomic mass is 16.1. The van der Waals surface area contributed by atoms with E-state index in [2.05, 4.69) is 48.2 Å². The van der Waals surface area contributed by atoms with Gasteiger partial charge in [-0.3, -0.25) is 4.79 Å². The van der Waals surface area contributed by atoms with E-state index in [1.54, 1.807) is 6.20 Å². The second-order valence-corrected chi connectivity index (χ2v) is 7.30. The molecule has 6 nitrogen and oxygen atoms in total. The molecule has 1 N–H and O–H groups in total. The van der Waals surface area contributed by atoms with Gasteiger partial charge in [0.05, 0.1) is 17.5 Å². The molecule has 1 saturated carbocycles. The Hall–Kier alpha value is -1.95. The van der Waals surface area contributed by atoms with E-state index in [1.165, 1.54) is 12.8 Å². The number of hydrogen-bond acceptors (Lipinski definition) is 4. The summed E-state index contributed by atoms with van der Waals surface area (Å²) in [5.74, 6) is 0.665. The fourth-order valence-electron chi connectivity index (χ4n) is 3.22. The molecule has 1 fully saturated rings. The summed E-state index contributed by atoms with van der Waals surface area (Å²) in [6, 6.07) is 2.56. The molecule has 3 rings (SSSR count). The second-order valence-electron chi connectivity index (χ2n) is 7.30. The van der Waals surface area contributed by atoms with Crippen LogP contribution in [0.3, 0.4) is 0 Å². The Morgan fingerprint density at radius 1 is 1.42 bits per heavy atom. The number of pyridine rings is 1. The van der Waals surface area contributed by atoms with Gasteiger partial charge in [0, 0.05) is 24.0 Å². The first-order chi connectivity index (χ1) is 11.4. The third-order valence-electron chi connectivity index (χ3n) is 4.79. The van der Waals surface area contributed by atoms with Gasteiger partial charge in [-0.2, -0.15) is 5.10 Å². The molecule has 0 unspecified atom stereocenters. The standard InChI is InChI=1S/C18H27N5O/c1-11(2)23-17-14(9-20-23)8-15(12(3)21-17)18(24)19-10-16(22(4)5)13-6-7-13/h8-9,11,13,16H,6-7,10H2,1-5H3,(H,19,24)/t16-/m0/s1. The first-order valence-corrected chi connectivity index (χ1v) is 8.68. The van der Waals surface area contributed by atoms with Gasteiger partial charge in [0.2, 0.25) is 0 Å². The van der Waals surface area contributed by atoms with Crippen LogP contribution in [0.4, 0.5) is 0 Å². The molecule has 0 radical (unpaired) electrons. The zero-order chi connectivity index (χ0) is 17.4. The minimum atomic E-state index is -0.0494. The highest BCUT2D eigenvalue weighted by Crippen LogP contribution is 2.34. The molecule has 2 heterocycles. The average Bonchev–Trinajstić information content (AvgIpc) is 3.25. The van der Waals surface area contributed by atoms with Gasteiger partial charge in [0.1, 0.15) is 0 Å².